The fourth-order valence-corrected chi connectivity index (χ4v) is 2.95. The number of para-hydroxylation sites is 1. The van der Waals surface area contributed by atoms with Crippen LogP contribution >= 0.6 is 0 Å². The van der Waals surface area contributed by atoms with E-state index < -0.39 is 12.1 Å². The summed E-state index contributed by atoms with van der Waals surface area (Å²) in [6.45, 7) is 1.72. The number of aromatic nitrogens is 1. The lowest BCUT2D eigenvalue weighted by molar-refractivity contribution is -0.146. The summed E-state index contributed by atoms with van der Waals surface area (Å²) < 4.78 is 5.23. The monoisotopic (exact) mass is 378 g/mol. The maximum absolute atomic E-state index is 12.6. The van der Waals surface area contributed by atoms with Gasteiger partial charge in [0.05, 0.1) is 12.8 Å². The second-order valence-electron chi connectivity index (χ2n) is 6.51. The Morgan fingerprint density at radius 1 is 1.04 bits per heavy atom. The number of ether oxygens (including phenoxy) is 1. The van der Waals surface area contributed by atoms with Gasteiger partial charge in [-0.05, 0) is 18.6 Å². The van der Waals surface area contributed by atoms with Crippen LogP contribution in [0.4, 0.5) is 0 Å². The molecule has 0 fully saturated rings. The third-order valence-corrected chi connectivity index (χ3v) is 4.39. The molecule has 2 aromatic carbocycles. The number of H-pyrrole nitrogens is 1. The number of amides is 1. The molecule has 1 aromatic heterocycles. The molecule has 3 aromatic rings. The highest BCUT2D eigenvalue weighted by atomic mass is 16.5. The standard InChI is InChI=1S/C22H22N2O4/c1-15(22(27)18-14-24-19-10-6-5-9-17(18)19)28-21(26)11-12-23-20(25)13-16-7-3-2-4-8-16/h2-10,14-15,24H,11-13H2,1H3,(H,23,25)/t15-/m0/s1. The topological polar surface area (TPSA) is 88.3 Å². The number of nitrogens with one attached hydrogen (secondary N) is 2. The number of aromatic amines is 1. The Morgan fingerprint density at radius 2 is 1.75 bits per heavy atom. The Morgan fingerprint density at radius 3 is 2.54 bits per heavy atom. The highest BCUT2D eigenvalue weighted by Crippen LogP contribution is 2.20. The lowest BCUT2D eigenvalue weighted by atomic mass is 10.1. The van der Waals surface area contributed by atoms with Gasteiger partial charge in [-0.2, -0.15) is 0 Å². The third kappa shape index (κ3) is 4.85. The first kappa shape index (κ1) is 19.4. The molecule has 0 aliphatic rings. The first-order chi connectivity index (χ1) is 13.5. The lowest BCUT2D eigenvalue weighted by Gasteiger charge is -2.12. The van der Waals surface area contributed by atoms with Crippen LogP contribution in [0.5, 0.6) is 0 Å². The van der Waals surface area contributed by atoms with Gasteiger partial charge in [0.25, 0.3) is 0 Å². The van der Waals surface area contributed by atoms with Crippen molar-refractivity contribution in [2.75, 3.05) is 6.54 Å². The quantitative estimate of drug-likeness (QED) is 0.466. The number of hydrogen-bond donors (Lipinski definition) is 2. The highest BCUT2D eigenvalue weighted by molar-refractivity contribution is 6.10. The first-order valence-corrected chi connectivity index (χ1v) is 9.15. The van der Waals surface area contributed by atoms with Crippen LogP contribution in [0.25, 0.3) is 10.9 Å². The van der Waals surface area contributed by atoms with Crippen molar-refractivity contribution in [3.63, 3.8) is 0 Å². The normalized spacial score (nSPS) is 11.8. The Balaban J connectivity index is 1.45. The number of ketones is 1. The van der Waals surface area contributed by atoms with E-state index in [1.54, 1.807) is 13.1 Å². The molecule has 0 aliphatic carbocycles. The molecule has 0 radical (unpaired) electrons. The Bertz CT molecular complexity index is 978. The molecule has 0 unspecified atom stereocenters. The van der Waals surface area contributed by atoms with Gasteiger partial charge in [-0.25, -0.2) is 0 Å². The van der Waals surface area contributed by atoms with Crippen molar-refractivity contribution in [1.29, 1.82) is 0 Å². The van der Waals surface area contributed by atoms with Crippen LogP contribution in [0.15, 0.2) is 60.8 Å². The summed E-state index contributed by atoms with van der Waals surface area (Å²) in [7, 11) is 0. The fourth-order valence-electron chi connectivity index (χ4n) is 2.95. The van der Waals surface area contributed by atoms with E-state index in [1.165, 1.54) is 0 Å². The van der Waals surface area contributed by atoms with E-state index in [1.807, 2.05) is 54.6 Å². The number of Topliss-reactive ketones (excluding diaryl/α,β-unsaturated/α-hetero) is 1. The molecular formula is C22H22N2O4. The number of hydrogen-bond acceptors (Lipinski definition) is 4. The van der Waals surface area contributed by atoms with E-state index >= 15 is 0 Å². The van der Waals surface area contributed by atoms with E-state index in [0.717, 1.165) is 16.5 Å². The summed E-state index contributed by atoms with van der Waals surface area (Å²) in [6.07, 6.45) is 0.991. The van der Waals surface area contributed by atoms with Gasteiger partial charge in [-0.1, -0.05) is 48.5 Å². The summed E-state index contributed by atoms with van der Waals surface area (Å²) >= 11 is 0. The number of esters is 1. The van der Waals surface area contributed by atoms with E-state index in [9.17, 15) is 14.4 Å². The smallest absolute Gasteiger partial charge is 0.308 e. The van der Waals surface area contributed by atoms with Crippen molar-refractivity contribution < 1.29 is 19.1 Å². The molecular weight excluding hydrogens is 356 g/mol. The van der Waals surface area contributed by atoms with Crippen LogP contribution in [0, 0.1) is 0 Å². The van der Waals surface area contributed by atoms with Crippen LogP contribution in [0.2, 0.25) is 0 Å². The summed E-state index contributed by atoms with van der Waals surface area (Å²) in [5, 5.41) is 3.48. The predicted octanol–water partition coefficient (Wildman–Crippen LogP) is 3.03. The third-order valence-electron chi connectivity index (χ3n) is 4.39. The Kier molecular flexibility index (Phi) is 6.22. The van der Waals surface area contributed by atoms with Gasteiger partial charge >= 0.3 is 5.97 Å². The zero-order valence-electron chi connectivity index (χ0n) is 15.6. The van der Waals surface area contributed by atoms with Crippen molar-refractivity contribution in [2.24, 2.45) is 0 Å². The summed E-state index contributed by atoms with van der Waals surface area (Å²) in [5.41, 5.74) is 2.25. The minimum absolute atomic E-state index is 0.00599. The highest BCUT2D eigenvalue weighted by Gasteiger charge is 2.22. The van der Waals surface area contributed by atoms with E-state index in [2.05, 4.69) is 10.3 Å². The summed E-state index contributed by atoms with van der Waals surface area (Å²) in [4.78, 5) is 39.5. The second kappa shape index (κ2) is 8.99. The van der Waals surface area contributed by atoms with Gasteiger partial charge in [0.15, 0.2) is 6.10 Å². The molecule has 0 spiro atoms. The zero-order chi connectivity index (χ0) is 19.9. The van der Waals surface area contributed by atoms with Crippen molar-refractivity contribution in [1.82, 2.24) is 10.3 Å². The van der Waals surface area contributed by atoms with Crippen LogP contribution in [-0.2, 0) is 20.7 Å². The summed E-state index contributed by atoms with van der Waals surface area (Å²) in [5.74, 6) is -0.957. The molecule has 0 saturated heterocycles. The van der Waals surface area contributed by atoms with Crippen molar-refractivity contribution in [2.45, 2.75) is 25.9 Å². The molecule has 0 aliphatic heterocycles. The van der Waals surface area contributed by atoms with Gasteiger partial charge in [0.1, 0.15) is 0 Å². The molecule has 1 atom stereocenters. The molecule has 1 amide bonds. The average Bonchev–Trinajstić information content (AvgIpc) is 3.12. The SMILES string of the molecule is C[C@H](OC(=O)CCNC(=O)Cc1ccccc1)C(=O)c1c[nH]c2ccccc12. The van der Waals surface area contributed by atoms with Crippen molar-refractivity contribution in [3.8, 4) is 0 Å². The molecule has 1 heterocycles. The van der Waals surface area contributed by atoms with Crippen LogP contribution < -0.4 is 5.32 Å². The Hall–Kier alpha value is -3.41. The van der Waals surface area contributed by atoms with Crippen LogP contribution in [0.3, 0.4) is 0 Å². The van der Waals surface area contributed by atoms with Crippen molar-refractivity contribution in [3.05, 3.63) is 71.9 Å². The molecule has 144 valence electrons. The minimum atomic E-state index is -0.897. The molecule has 6 nitrogen and oxygen atoms in total. The molecule has 28 heavy (non-hydrogen) atoms. The average molecular weight is 378 g/mol. The van der Waals surface area contributed by atoms with Crippen LogP contribution in [0.1, 0.15) is 29.3 Å². The molecule has 2 N–H and O–H groups in total. The molecule has 3 rings (SSSR count). The number of benzene rings is 2. The molecule has 0 bridgehead atoms. The fraction of sp³-hybridized carbons (Fsp3) is 0.227. The van der Waals surface area contributed by atoms with Gasteiger partial charge in [0, 0.05) is 29.2 Å². The predicted molar refractivity (Wildman–Crippen MR) is 106 cm³/mol. The number of carbonyl (C=O) groups excluding carboxylic acids is 3. The van der Waals surface area contributed by atoms with Gasteiger partial charge < -0.3 is 15.0 Å². The minimum Gasteiger partial charge on any atom is -0.454 e. The first-order valence-electron chi connectivity index (χ1n) is 9.15. The zero-order valence-corrected chi connectivity index (χ0v) is 15.6. The Labute approximate surface area is 162 Å². The van der Waals surface area contributed by atoms with E-state index in [0.29, 0.717) is 5.56 Å². The van der Waals surface area contributed by atoms with Gasteiger partial charge in [-0.15, -0.1) is 0 Å². The maximum Gasteiger partial charge on any atom is 0.308 e. The maximum atomic E-state index is 12.6. The van der Waals surface area contributed by atoms with Crippen LogP contribution in [-0.4, -0.2) is 35.3 Å². The van der Waals surface area contributed by atoms with E-state index in [4.69, 9.17) is 4.74 Å². The molecule has 0 saturated carbocycles. The van der Waals surface area contributed by atoms with E-state index in [-0.39, 0.29) is 31.1 Å². The number of fused-ring (bicyclic) bond motifs is 1. The lowest BCUT2D eigenvalue weighted by Crippen LogP contribution is -2.30. The second-order valence-corrected chi connectivity index (χ2v) is 6.51. The number of carbonyl (C=O) groups is 3. The van der Waals surface area contributed by atoms with Gasteiger partial charge in [-0.3, -0.25) is 14.4 Å². The van der Waals surface area contributed by atoms with Crippen molar-refractivity contribution >= 4 is 28.6 Å². The summed E-state index contributed by atoms with van der Waals surface area (Å²) in [6, 6.07) is 16.8. The van der Waals surface area contributed by atoms with Gasteiger partial charge in [0.2, 0.25) is 11.7 Å². The number of rotatable bonds is 8. The largest absolute Gasteiger partial charge is 0.454 e. The molecule has 6 heteroatoms.